The van der Waals surface area contributed by atoms with E-state index >= 15 is 0 Å². The molecule has 0 atom stereocenters. The molecule has 0 aliphatic carbocycles. The number of aromatic nitrogens is 2. The summed E-state index contributed by atoms with van der Waals surface area (Å²) in [5, 5.41) is 21.8. The standard InChI is InChI=1S/C14H16N4O4/c1-21-12-6-13(22-2)11(18(19)20)5-8(12)14-9-7-15-4-3-10(9)16-17-14/h5-6,15H,3-4,7H2,1-2H3,(H,16,17). The molecule has 116 valence electrons. The van der Waals surface area contributed by atoms with E-state index in [2.05, 4.69) is 15.5 Å². The Labute approximate surface area is 126 Å². The smallest absolute Gasteiger partial charge is 0.311 e. The number of methoxy groups -OCH3 is 2. The molecule has 2 N–H and O–H groups in total. The summed E-state index contributed by atoms with van der Waals surface area (Å²) >= 11 is 0. The fourth-order valence-electron chi connectivity index (χ4n) is 2.66. The lowest BCUT2D eigenvalue weighted by atomic mass is 10.0. The molecular formula is C14H16N4O4. The maximum atomic E-state index is 11.2. The fourth-order valence-corrected chi connectivity index (χ4v) is 2.66. The highest BCUT2D eigenvalue weighted by Gasteiger charge is 2.25. The average molecular weight is 304 g/mol. The number of hydrogen-bond donors (Lipinski definition) is 2. The number of nitrogens with one attached hydrogen (secondary N) is 2. The molecule has 8 nitrogen and oxygen atoms in total. The molecule has 1 aliphatic heterocycles. The molecule has 0 amide bonds. The van der Waals surface area contributed by atoms with Crippen molar-refractivity contribution in [2.75, 3.05) is 20.8 Å². The maximum absolute atomic E-state index is 11.2. The predicted molar refractivity (Wildman–Crippen MR) is 79.2 cm³/mol. The summed E-state index contributed by atoms with van der Waals surface area (Å²) in [6, 6.07) is 2.97. The van der Waals surface area contributed by atoms with Crippen molar-refractivity contribution in [3.8, 4) is 22.8 Å². The van der Waals surface area contributed by atoms with E-state index < -0.39 is 4.92 Å². The lowest BCUT2D eigenvalue weighted by Gasteiger charge is -2.14. The molecule has 0 spiro atoms. The first-order valence-corrected chi connectivity index (χ1v) is 6.83. The van der Waals surface area contributed by atoms with Gasteiger partial charge in [0.25, 0.3) is 0 Å². The number of benzene rings is 1. The molecule has 0 unspecified atom stereocenters. The van der Waals surface area contributed by atoms with Crippen LogP contribution in [0.1, 0.15) is 11.3 Å². The highest BCUT2D eigenvalue weighted by molar-refractivity contribution is 5.76. The Bertz CT molecular complexity index is 726. The Kier molecular flexibility index (Phi) is 3.68. The van der Waals surface area contributed by atoms with E-state index in [0.29, 0.717) is 23.6 Å². The summed E-state index contributed by atoms with van der Waals surface area (Å²) in [5.41, 5.74) is 3.21. The van der Waals surface area contributed by atoms with Crippen molar-refractivity contribution < 1.29 is 14.4 Å². The van der Waals surface area contributed by atoms with Crippen LogP contribution in [0.25, 0.3) is 11.3 Å². The average Bonchev–Trinajstić information content (AvgIpc) is 2.97. The molecule has 2 heterocycles. The monoisotopic (exact) mass is 304 g/mol. The van der Waals surface area contributed by atoms with Crippen LogP contribution in [0, 0.1) is 10.1 Å². The highest BCUT2D eigenvalue weighted by Crippen LogP contribution is 2.40. The fraction of sp³-hybridized carbons (Fsp3) is 0.357. The first kappa shape index (κ1) is 14.3. The minimum absolute atomic E-state index is 0.112. The summed E-state index contributed by atoms with van der Waals surface area (Å²) in [7, 11) is 2.91. The molecule has 2 aromatic rings. The van der Waals surface area contributed by atoms with Crippen molar-refractivity contribution in [3.05, 3.63) is 33.5 Å². The van der Waals surface area contributed by atoms with Crippen molar-refractivity contribution in [2.45, 2.75) is 13.0 Å². The third kappa shape index (κ3) is 2.27. The molecule has 22 heavy (non-hydrogen) atoms. The van der Waals surface area contributed by atoms with Crippen LogP contribution in [-0.2, 0) is 13.0 Å². The SMILES string of the molecule is COc1cc(OC)c([N+](=O)[O-])cc1-c1n[nH]c2c1CNCC2. The van der Waals surface area contributed by atoms with Crippen molar-refractivity contribution >= 4 is 5.69 Å². The Morgan fingerprint density at radius 3 is 2.73 bits per heavy atom. The molecular weight excluding hydrogens is 288 g/mol. The number of ether oxygens (including phenoxy) is 2. The van der Waals surface area contributed by atoms with Crippen LogP contribution >= 0.6 is 0 Å². The second-order valence-electron chi connectivity index (χ2n) is 4.94. The highest BCUT2D eigenvalue weighted by atomic mass is 16.6. The zero-order valence-electron chi connectivity index (χ0n) is 12.3. The normalized spacial score (nSPS) is 13.5. The third-order valence-electron chi connectivity index (χ3n) is 3.76. The Morgan fingerprint density at radius 2 is 2.05 bits per heavy atom. The summed E-state index contributed by atoms with van der Waals surface area (Å²) in [4.78, 5) is 10.8. The summed E-state index contributed by atoms with van der Waals surface area (Å²) in [5.74, 6) is 0.649. The topological polar surface area (TPSA) is 102 Å². The molecule has 0 fully saturated rings. The number of nitrogens with zero attached hydrogens (tertiary/aromatic N) is 2. The van der Waals surface area contributed by atoms with Crippen LogP contribution in [0.5, 0.6) is 11.5 Å². The number of rotatable bonds is 4. The van der Waals surface area contributed by atoms with Gasteiger partial charge in [0.15, 0.2) is 0 Å². The van der Waals surface area contributed by atoms with Crippen molar-refractivity contribution in [3.63, 3.8) is 0 Å². The Hall–Kier alpha value is -2.61. The van der Waals surface area contributed by atoms with Gasteiger partial charge >= 0.3 is 5.69 Å². The molecule has 1 aliphatic rings. The molecule has 8 heteroatoms. The Balaban J connectivity index is 2.19. The van der Waals surface area contributed by atoms with E-state index in [-0.39, 0.29) is 11.4 Å². The first-order valence-electron chi connectivity index (χ1n) is 6.83. The van der Waals surface area contributed by atoms with Crippen LogP contribution in [0.15, 0.2) is 12.1 Å². The lowest BCUT2D eigenvalue weighted by molar-refractivity contribution is -0.385. The van der Waals surface area contributed by atoms with Gasteiger partial charge < -0.3 is 14.8 Å². The number of aromatic amines is 1. The largest absolute Gasteiger partial charge is 0.496 e. The van der Waals surface area contributed by atoms with E-state index in [1.54, 1.807) is 0 Å². The second kappa shape index (κ2) is 5.64. The lowest BCUT2D eigenvalue weighted by Crippen LogP contribution is -2.23. The van der Waals surface area contributed by atoms with Gasteiger partial charge in [-0.2, -0.15) is 5.10 Å². The maximum Gasteiger partial charge on any atom is 0.311 e. The summed E-state index contributed by atoms with van der Waals surface area (Å²) in [6.45, 7) is 1.55. The van der Waals surface area contributed by atoms with Gasteiger partial charge in [0.2, 0.25) is 5.75 Å². The predicted octanol–water partition coefficient (Wildman–Crippen LogP) is 1.65. The van der Waals surface area contributed by atoms with Gasteiger partial charge in [-0.15, -0.1) is 0 Å². The molecule has 1 aromatic heterocycles. The molecule has 3 rings (SSSR count). The minimum Gasteiger partial charge on any atom is -0.496 e. The number of H-pyrrole nitrogens is 1. The number of fused-ring (bicyclic) bond motifs is 1. The van der Waals surface area contributed by atoms with Gasteiger partial charge in [-0.3, -0.25) is 15.2 Å². The van der Waals surface area contributed by atoms with Crippen molar-refractivity contribution in [1.82, 2.24) is 15.5 Å². The van der Waals surface area contributed by atoms with Crippen LogP contribution in [0.4, 0.5) is 5.69 Å². The van der Waals surface area contributed by atoms with Crippen LogP contribution in [0.3, 0.4) is 0 Å². The van der Waals surface area contributed by atoms with Gasteiger partial charge in [0, 0.05) is 42.9 Å². The van der Waals surface area contributed by atoms with Crippen LogP contribution < -0.4 is 14.8 Å². The zero-order valence-corrected chi connectivity index (χ0v) is 12.3. The summed E-state index contributed by atoms with van der Waals surface area (Å²) < 4.78 is 10.4. The molecule has 1 aromatic carbocycles. The third-order valence-corrected chi connectivity index (χ3v) is 3.76. The van der Waals surface area contributed by atoms with E-state index in [0.717, 1.165) is 24.2 Å². The van der Waals surface area contributed by atoms with Gasteiger partial charge in [0.05, 0.1) is 24.7 Å². The number of hydrogen-bond acceptors (Lipinski definition) is 6. The van der Waals surface area contributed by atoms with Crippen molar-refractivity contribution in [2.24, 2.45) is 0 Å². The Morgan fingerprint density at radius 1 is 1.27 bits per heavy atom. The summed E-state index contributed by atoms with van der Waals surface area (Å²) in [6.07, 6.45) is 0.850. The first-order chi connectivity index (χ1) is 10.7. The van der Waals surface area contributed by atoms with Gasteiger partial charge in [-0.25, -0.2) is 0 Å². The molecule has 0 saturated carbocycles. The molecule has 0 bridgehead atoms. The van der Waals surface area contributed by atoms with Gasteiger partial charge in [-0.1, -0.05) is 0 Å². The van der Waals surface area contributed by atoms with E-state index in [9.17, 15) is 10.1 Å². The van der Waals surface area contributed by atoms with E-state index in [1.165, 1.54) is 26.4 Å². The minimum atomic E-state index is -0.473. The zero-order chi connectivity index (χ0) is 15.7. The van der Waals surface area contributed by atoms with E-state index in [1.807, 2.05) is 0 Å². The van der Waals surface area contributed by atoms with Crippen LogP contribution in [-0.4, -0.2) is 35.9 Å². The number of nitro groups is 1. The van der Waals surface area contributed by atoms with Crippen LogP contribution in [0.2, 0.25) is 0 Å². The second-order valence-corrected chi connectivity index (χ2v) is 4.94. The molecule has 0 radical (unpaired) electrons. The quantitative estimate of drug-likeness (QED) is 0.657. The van der Waals surface area contributed by atoms with Gasteiger partial charge in [0.1, 0.15) is 11.4 Å². The van der Waals surface area contributed by atoms with Crippen molar-refractivity contribution in [1.29, 1.82) is 0 Å². The van der Waals surface area contributed by atoms with Gasteiger partial charge in [-0.05, 0) is 0 Å². The molecule has 0 saturated heterocycles. The number of nitro benzene ring substituents is 1. The van der Waals surface area contributed by atoms with E-state index in [4.69, 9.17) is 9.47 Å².